The lowest BCUT2D eigenvalue weighted by Gasteiger charge is -2.18. The minimum atomic E-state index is -4.45. The van der Waals surface area contributed by atoms with Crippen molar-refractivity contribution in [3.63, 3.8) is 0 Å². The molecule has 0 aliphatic carbocycles. The van der Waals surface area contributed by atoms with E-state index in [1.54, 1.807) is 55.1 Å². The molecule has 0 aliphatic heterocycles. The predicted octanol–water partition coefficient (Wildman–Crippen LogP) is 17.4. The van der Waals surface area contributed by atoms with Gasteiger partial charge in [-0.05, 0) is 145 Å². The smallest absolute Gasteiger partial charge is 0.406 e. The van der Waals surface area contributed by atoms with Crippen LogP contribution in [0.15, 0.2) is 183 Å². The third-order valence-electron chi connectivity index (χ3n) is 19.6. The van der Waals surface area contributed by atoms with Gasteiger partial charge in [-0.3, -0.25) is 0 Å². The van der Waals surface area contributed by atoms with Gasteiger partial charge in [0, 0.05) is 52.6 Å². The number of benzene rings is 4. The summed E-state index contributed by atoms with van der Waals surface area (Å²) in [6.07, 6.45) is 17.6. The number of hydrogen-bond acceptors (Lipinski definition) is 4. The first-order valence-electron chi connectivity index (χ1n) is 35.1. The molecule has 0 aliphatic rings. The van der Waals surface area contributed by atoms with Gasteiger partial charge in [0.15, 0.2) is 49.8 Å². The van der Waals surface area contributed by atoms with Gasteiger partial charge in [-0.2, -0.15) is 31.4 Å². The highest BCUT2D eigenvalue weighted by molar-refractivity contribution is 5.78. The van der Waals surface area contributed by atoms with Crippen molar-refractivity contribution in [3.05, 3.63) is 238 Å². The maximum Gasteiger partial charge on any atom is 0.416 e. The van der Waals surface area contributed by atoms with Gasteiger partial charge >= 0.3 is 29.7 Å². The van der Waals surface area contributed by atoms with Crippen molar-refractivity contribution in [2.45, 2.75) is 152 Å². The highest BCUT2D eigenvalue weighted by atomic mass is 19.4. The number of aromatic nitrogens is 8. The topological polar surface area (TPSA) is 83.6 Å². The molecule has 0 N–H and O–H groups in total. The molecule has 8 heterocycles. The Morgan fingerprint density at radius 2 is 0.606 bits per heavy atom. The highest BCUT2D eigenvalue weighted by Gasteiger charge is 2.37. The van der Waals surface area contributed by atoms with Gasteiger partial charge in [0.25, 0.3) is 0 Å². The minimum absolute atomic E-state index is 0.0141. The molecule has 12 nitrogen and oxygen atoms in total. The molecule has 0 saturated heterocycles. The number of oxazole rings is 4. The zero-order chi connectivity index (χ0) is 76.8. The molecule has 0 bridgehead atoms. The van der Waals surface area contributed by atoms with Gasteiger partial charge in [-0.1, -0.05) is 95.2 Å². The van der Waals surface area contributed by atoms with Crippen molar-refractivity contribution in [2.75, 3.05) is 0 Å². The van der Waals surface area contributed by atoms with Crippen molar-refractivity contribution >= 4 is 0 Å². The van der Waals surface area contributed by atoms with Crippen LogP contribution in [0.1, 0.15) is 144 Å². The zero-order valence-electron chi connectivity index (χ0n) is 65.7. The van der Waals surface area contributed by atoms with E-state index in [0.717, 1.165) is 46.2 Å². The summed E-state index contributed by atoms with van der Waals surface area (Å²) in [6.45, 7) is 38.4. The van der Waals surface area contributed by atoms with E-state index >= 15 is 0 Å². The Morgan fingerprint density at radius 3 is 0.990 bits per heavy atom. The third-order valence-corrected chi connectivity index (χ3v) is 19.6. The predicted molar refractivity (Wildman–Crippen MR) is 396 cm³/mol. The number of nitrogens with zero attached hydrogens (tertiary/aromatic N) is 8. The number of pyridine rings is 4. The molecular weight excluding hydrogens is 1320 g/mol. The van der Waals surface area contributed by atoms with Crippen LogP contribution in [-0.2, 0) is 84.2 Å². The van der Waals surface area contributed by atoms with Gasteiger partial charge in [-0.15, -0.1) is 0 Å². The molecular formula is C87H105F5N8O4+8. The molecule has 12 aromatic rings. The van der Waals surface area contributed by atoms with Crippen molar-refractivity contribution < 1.29 is 76.2 Å². The first-order chi connectivity index (χ1) is 48.4. The van der Waals surface area contributed by atoms with E-state index in [4.69, 9.17) is 17.7 Å². The fourth-order valence-corrected chi connectivity index (χ4v) is 13.3. The molecule has 0 amide bonds. The van der Waals surface area contributed by atoms with Gasteiger partial charge in [0.05, 0.1) is 44.5 Å². The minimum Gasteiger partial charge on any atom is -0.406 e. The summed E-state index contributed by atoms with van der Waals surface area (Å²) in [7, 11) is 15.5. The molecule has 104 heavy (non-hydrogen) atoms. The number of hydrogen-bond donors (Lipinski definition) is 0. The van der Waals surface area contributed by atoms with Crippen molar-refractivity contribution in [1.82, 2.24) is 0 Å². The fourth-order valence-electron chi connectivity index (χ4n) is 13.3. The molecule has 0 unspecified atom stereocenters. The summed E-state index contributed by atoms with van der Waals surface area (Å²) >= 11 is 0. The van der Waals surface area contributed by atoms with Crippen LogP contribution in [0.5, 0.6) is 0 Å². The zero-order valence-corrected chi connectivity index (χ0v) is 65.7. The molecule has 0 fully saturated rings. The molecule has 0 saturated carbocycles. The molecule has 4 aromatic carbocycles. The van der Waals surface area contributed by atoms with Crippen LogP contribution in [0, 0.1) is 53.2 Å². The summed E-state index contributed by atoms with van der Waals surface area (Å²) in [5.74, 6) is 1.30. The lowest BCUT2D eigenvalue weighted by Crippen LogP contribution is -2.33. The van der Waals surface area contributed by atoms with Crippen LogP contribution >= 0.6 is 0 Å². The molecule has 544 valence electrons. The molecule has 8 aromatic heterocycles. The van der Waals surface area contributed by atoms with Crippen LogP contribution in [-0.4, -0.2) is 0 Å². The Labute approximate surface area is 611 Å². The largest absolute Gasteiger partial charge is 0.416 e. The van der Waals surface area contributed by atoms with Gasteiger partial charge < -0.3 is 17.7 Å². The van der Waals surface area contributed by atoms with Crippen LogP contribution in [0.2, 0.25) is 0 Å². The average molecular weight is 1420 g/mol. The van der Waals surface area contributed by atoms with E-state index in [9.17, 15) is 22.0 Å². The molecule has 12 rings (SSSR count). The van der Waals surface area contributed by atoms with E-state index in [1.165, 1.54) is 80.1 Å². The Balaban J connectivity index is 0.000000161. The number of aryl methyl sites for hydroxylation is 10. The lowest BCUT2D eigenvalue weighted by atomic mass is 9.87. The Morgan fingerprint density at radius 1 is 0.288 bits per heavy atom. The number of rotatable bonds is 8. The second-order valence-electron chi connectivity index (χ2n) is 31.7. The van der Waals surface area contributed by atoms with E-state index in [0.29, 0.717) is 45.4 Å². The average Bonchev–Trinajstić information content (AvgIpc) is 1.46. The van der Waals surface area contributed by atoms with E-state index < -0.39 is 23.4 Å². The van der Waals surface area contributed by atoms with Crippen molar-refractivity contribution in [1.29, 1.82) is 0 Å². The van der Waals surface area contributed by atoms with Crippen LogP contribution in [0.3, 0.4) is 0 Å². The van der Waals surface area contributed by atoms with Gasteiger partial charge in [0.2, 0.25) is 47.6 Å². The Hall–Kier alpha value is -10.0. The molecule has 0 atom stereocenters. The summed E-state index contributed by atoms with van der Waals surface area (Å²) < 4.78 is 108. The van der Waals surface area contributed by atoms with Crippen LogP contribution < -0.4 is 36.5 Å². The summed E-state index contributed by atoms with van der Waals surface area (Å²) in [4.78, 5) is 0. The normalized spacial score (nSPS) is 12.0. The maximum atomic E-state index is 14.7. The van der Waals surface area contributed by atoms with Crippen molar-refractivity contribution in [2.24, 2.45) is 56.4 Å². The maximum absolute atomic E-state index is 14.7. The second kappa shape index (κ2) is 30.0. The van der Waals surface area contributed by atoms with E-state index in [2.05, 4.69) is 195 Å². The van der Waals surface area contributed by atoms with E-state index in [-0.39, 0.29) is 27.2 Å². The Bertz CT molecular complexity index is 4990. The summed E-state index contributed by atoms with van der Waals surface area (Å²) in [6, 6.07) is 28.6. The lowest BCUT2D eigenvalue weighted by molar-refractivity contribution is -0.662. The fraction of sp³-hybridized carbons (Fsp3) is 0.356. The number of halogens is 5. The standard InChI is InChI=1S/C23H30N2O.C22H25F3N2O.C21H24F2N2O.C21H26N2O/c1-15-13-16(2)21(22-24(7)11-12-26-22)17(3)20(15)19-10-9-18(14-25(19)8)23(4,5)6;1-14-17(19-8-7-15(13-27(19)6)21(2,3)4)11-16(22(23,24)25)12-18(14)20-26(5)9-10-28-20;1-13-18(17-8-7-14(12-25(17)6)21(2,3)4)15(22)11-16(23)19(13)20-24(5)9-10-26-20;1-15-17(8-7-9-18(15)20-22(5)12-13-24-20)19-11-10-16(14-23(19)6)21(2,3)4/h9-14H,1-8H3;7-13H,1-6H3;7-12H,1-6H3;7-14H,1-6H3/q4*+2. The quantitative estimate of drug-likeness (QED) is 0.112. The van der Waals surface area contributed by atoms with Crippen LogP contribution in [0.4, 0.5) is 22.0 Å². The van der Waals surface area contributed by atoms with Crippen LogP contribution in [0.25, 0.3) is 90.8 Å². The monoisotopic (exact) mass is 1420 g/mol. The SMILES string of the molecule is Cc1c(-c2ccc(C(C)(C)C)c[n+]2C)c(F)cc(F)c1-c1occ[n+]1C.Cc1c(-c2ccc(C(C)(C)C)c[n+]2C)cc(C(F)(F)F)cc1-c1occ[n+]1C.Cc1c(-c2ccc(C(C)(C)C)c[n+]2C)cccc1-c1occ[n+]1C.Cc1cc(C)c(-c2occ[n+]2C)c(C)c1-c1ccc(C(C)(C)C)c[n+]1C. The summed E-state index contributed by atoms with van der Waals surface area (Å²) in [5.41, 5.74) is 21.0. The number of alkyl halides is 3. The van der Waals surface area contributed by atoms with Crippen molar-refractivity contribution in [3.8, 4) is 90.8 Å². The molecule has 0 spiro atoms. The van der Waals surface area contributed by atoms with Gasteiger partial charge in [0.1, 0.15) is 73.6 Å². The molecule has 0 radical (unpaired) electrons. The summed E-state index contributed by atoms with van der Waals surface area (Å²) in [5, 5.41) is 0. The highest BCUT2D eigenvalue weighted by Crippen LogP contribution is 2.41. The second-order valence-corrected chi connectivity index (χ2v) is 31.7. The van der Waals surface area contributed by atoms with Gasteiger partial charge in [-0.25, -0.2) is 27.0 Å². The first kappa shape index (κ1) is 78.1. The third kappa shape index (κ3) is 16.6. The molecule has 17 heteroatoms. The first-order valence-corrected chi connectivity index (χ1v) is 35.1. The van der Waals surface area contributed by atoms with E-state index in [1.807, 2.05) is 102 Å². The Kier molecular flexibility index (Phi) is 22.5.